The van der Waals surface area contributed by atoms with E-state index in [0.29, 0.717) is 6.04 Å². The van der Waals surface area contributed by atoms with Crippen molar-refractivity contribution in [2.24, 2.45) is 11.8 Å². The fourth-order valence-corrected chi connectivity index (χ4v) is 4.54. The van der Waals surface area contributed by atoms with Gasteiger partial charge in [-0.2, -0.15) is 0 Å². The van der Waals surface area contributed by atoms with E-state index in [9.17, 15) is 9.90 Å². The van der Waals surface area contributed by atoms with Crippen LogP contribution in [0.25, 0.3) is 22.0 Å². The van der Waals surface area contributed by atoms with Gasteiger partial charge in [-0.3, -0.25) is 9.78 Å². The Bertz CT molecular complexity index is 1080. The van der Waals surface area contributed by atoms with Crippen molar-refractivity contribution in [2.45, 2.75) is 51.5 Å². The number of carbonyl (C=O) groups excluding carboxylic acids is 1. The van der Waals surface area contributed by atoms with Crippen molar-refractivity contribution in [2.75, 3.05) is 5.32 Å². The van der Waals surface area contributed by atoms with E-state index in [1.165, 1.54) is 12.8 Å². The highest BCUT2D eigenvalue weighted by atomic mass is 16.3. The number of hydrogen-bond acceptors (Lipinski definition) is 4. The predicted octanol–water partition coefficient (Wildman–Crippen LogP) is 6.19. The maximum absolute atomic E-state index is 13.0. The van der Waals surface area contributed by atoms with E-state index in [1.54, 1.807) is 18.3 Å². The van der Waals surface area contributed by atoms with E-state index in [-0.39, 0.29) is 17.5 Å². The molecule has 0 aliphatic heterocycles. The lowest BCUT2D eigenvalue weighted by atomic mass is 9.87. The molecule has 154 valence electrons. The number of aromatic nitrogens is 1. The molecule has 0 unspecified atom stereocenters. The predicted molar refractivity (Wildman–Crippen MR) is 121 cm³/mol. The molecule has 0 radical (unpaired) electrons. The number of nitrogens with one attached hydrogen (secondary N) is 1. The molecule has 2 aromatic carbocycles. The van der Waals surface area contributed by atoms with Crippen LogP contribution in [0.5, 0.6) is 5.75 Å². The summed E-state index contributed by atoms with van der Waals surface area (Å²) < 4.78 is 0. The topological polar surface area (TPSA) is 62.2 Å². The molecule has 2 aliphatic rings. The van der Waals surface area contributed by atoms with Gasteiger partial charge < -0.3 is 10.4 Å². The molecule has 0 bridgehead atoms. The highest BCUT2D eigenvalue weighted by molar-refractivity contribution is 6.10. The van der Waals surface area contributed by atoms with Crippen LogP contribution >= 0.6 is 0 Å². The highest BCUT2D eigenvalue weighted by Crippen LogP contribution is 2.39. The third-order valence-corrected chi connectivity index (χ3v) is 6.65. The van der Waals surface area contributed by atoms with Gasteiger partial charge in [0.25, 0.3) is 0 Å². The fraction of sp³-hybridized carbons (Fsp3) is 0.385. The van der Waals surface area contributed by atoms with E-state index in [0.717, 1.165) is 64.9 Å². The number of phenolic OH excluding ortho intramolecular Hbond substituents is 1. The molecule has 0 spiro atoms. The first kappa shape index (κ1) is 19.1. The zero-order chi connectivity index (χ0) is 20.7. The van der Waals surface area contributed by atoms with Gasteiger partial charge in [-0.15, -0.1) is 0 Å². The molecule has 1 aromatic heterocycles. The Balaban J connectivity index is 1.59. The SMILES string of the molecule is C[C@H]1CC[C@H](Nc2c(C(=O)C3CC3)cnc3ccc(-c4ccc(O)cc4)cc23)CC1. The van der Waals surface area contributed by atoms with Crippen LogP contribution in [-0.2, 0) is 0 Å². The van der Waals surface area contributed by atoms with Crippen molar-refractivity contribution in [3.05, 3.63) is 54.2 Å². The van der Waals surface area contributed by atoms with Crippen LogP contribution in [-0.4, -0.2) is 21.9 Å². The lowest BCUT2D eigenvalue weighted by Gasteiger charge is -2.29. The number of hydrogen-bond donors (Lipinski definition) is 2. The second-order valence-electron chi connectivity index (χ2n) is 9.07. The number of benzene rings is 2. The van der Waals surface area contributed by atoms with E-state index in [1.807, 2.05) is 18.2 Å². The van der Waals surface area contributed by atoms with Gasteiger partial charge >= 0.3 is 0 Å². The van der Waals surface area contributed by atoms with Gasteiger partial charge in [-0.05, 0) is 79.8 Å². The summed E-state index contributed by atoms with van der Waals surface area (Å²) in [5.74, 6) is 1.43. The molecule has 2 N–H and O–H groups in total. The summed E-state index contributed by atoms with van der Waals surface area (Å²) in [7, 11) is 0. The fourth-order valence-electron chi connectivity index (χ4n) is 4.54. The van der Waals surface area contributed by atoms with Gasteiger partial charge in [0.2, 0.25) is 0 Å². The maximum Gasteiger partial charge on any atom is 0.169 e. The van der Waals surface area contributed by atoms with Gasteiger partial charge in [0.1, 0.15) is 5.75 Å². The van der Waals surface area contributed by atoms with Gasteiger partial charge in [-0.1, -0.05) is 25.1 Å². The lowest BCUT2D eigenvalue weighted by molar-refractivity contribution is 0.0968. The Morgan fingerprint density at radius 3 is 2.37 bits per heavy atom. The van der Waals surface area contributed by atoms with Crippen LogP contribution in [0.1, 0.15) is 55.8 Å². The van der Waals surface area contributed by atoms with Gasteiger partial charge in [0, 0.05) is 23.5 Å². The first-order valence-electron chi connectivity index (χ1n) is 11.1. The van der Waals surface area contributed by atoms with Crippen molar-refractivity contribution in [1.82, 2.24) is 4.98 Å². The van der Waals surface area contributed by atoms with Crippen molar-refractivity contribution in [3.8, 4) is 16.9 Å². The molecule has 1 heterocycles. The number of rotatable bonds is 5. The van der Waals surface area contributed by atoms with E-state index in [2.05, 4.69) is 29.4 Å². The molecule has 2 aliphatic carbocycles. The third kappa shape index (κ3) is 3.79. The number of pyridine rings is 1. The van der Waals surface area contributed by atoms with Crippen molar-refractivity contribution in [3.63, 3.8) is 0 Å². The summed E-state index contributed by atoms with van der Waals surface area (Å²) >= 11 is 0. The summed E-state index contributed by atoms with van der Waals surface area (Å²) in [6.45, 7) is 2.32. The summed E-state index contributed by atoms with van der Waals surface area (Å²) in [5.41, 5.74) is 4.69. The average molecular weight is 401 g/mol. The zero-order valence-corrected chi connectivity index (χ0v) is 17.4. The van der Waals surface area contributed by atoms with Crippen molar-refractivity contribution < 1.29 is 9.90 Å². The van der Waals surface area contributed by atoms with Gasteiger partial charge in [0.15, 0.2) is 5.78 Å². The molecule has 0 amide bonds. The molecule has 2 fully saturated rings. The average Bonchev–Trinajstić information content (AvgIpc) is 3.61. The molecule has 30 heavy (non-hydrogen) atoms. The van der Waals surface area contributed by atoms with Crippen LogP contribution in [0.15, 0.2) is 48.7 Å². The number of aromatic hydroxyl groups is 1. The Morgan fingerprint density at radius 1 is 0.967 bits per heavy atom. The number of Topliss-reactive ketones (excluding diaryl/α,β-unsaturated/α-hetero) is 1. The lowest BCUT2D eigenvalue weighted by Crippen LogP contribution is -2.26. The summed E-state index contributed by atoms with van der Waals surface area (Å²) in [6, 6.07) is 13.8. The van der Waals surface area contributed by atoms with Crippen LogP contribution < -0.4 is 5.32 Å². The number of anilines is 1. The number of fused-ring (bicyclic) bond motifs is 1. The molecule has 0 saturated heterocycles. The Morgan fingerprint density at radius 2 is 1.67 bits per heavy atom. The summed E-state index contributed by atoms with van der Waals surface area (Å²) in [6.07, 6.45) is 8.49. The summed E-state index contributed by atoms with van der Waals surface area (Å²) in [4.78, 5) is 17.7. The van der Waals surface area contributed by atoms with Crippen LogP contribution in [0.2, 0.25) is 0 Å². The van der Waals surface area contributed by atoms with Crippen LogP contribution in [0.4, 0.5) is 5.69 Å². The summed E-state index contributed by atoms with van der Waals surface area (Å²) in [5, 5.41) is 14.4. The largest absolute Gasteiger partial charge is 0.508 e. The Kier molecular flexibility index (Phi) is 4.93. The monoisotopic (exact) mass is 400 g/mol. The van der Waals surface area contributed by atoms with Crippen molar-refractivity contribution >= 4 is 22.4 Å². The number of phenols is 1. The molecular formula is C26H28N2O2. The Labute approximate surface area is 177 Å². The van der Waals surface area contributed by atoms with E-state index in [4.69, 9.17) is 0 Å². The Hall–Kier alpha value is -2.88. The van der Waals surface area contributed by atoms with E-state index >= 15 is 0 Å². The first-order chi connectivity index (χ1) is 14.6. The minimum atomic E-state index is 0.163. The first-order valence-corrected chi connectivity index (χ1v) is 11.1. The maximum atomic E-state index is 13.0. The zero-order valence-electron chi connectivity index (χ0n) is 17.4. The molecule has 4 nitrogen and oxygen atoms in total. The van der Waals surface area contributed by atoms with E-state index < -0.39 is 0 Å². The van der Waals surface area contributed by atoms with Gasteiger partial charge in [-0.25, -0.2) is 0 Å². The second-order valence-corrected chi connectivity index (χ2v) is 9.07. The number of carbonyl (C=O) groups is 1. The molecule has 0 atom stereocenters. The quantitative estimate of drug-likeness (QED) is 0.501. The molecule has 5 rings (SSSR count). The van der Waals surface area contributed by atoms with Gasteiger partial charge in [0.05, 0.1) is 16.8 Å². The standard InChI is InChI=1S/C26H28N2O2/c1-16-2-9-20(10-3-16)28-25-22-14-19(17-6-11-21(29)12-7-17)8-13-24(22)27-15-23(25)26(30)18-4-5-18/h6-8,11-16,18,20,29H,2-5,9-10H2,1H3,(H,27,28)/t16-,20-. The molecule has 2 saturated carbocycles. The smallest absolute Gasteiger partial charge is 0.169 e. The molecule has 4 heteroatoms. The van der Waals surface area contributed by atoms with Crippen LogP contribution in [0.3, 0.4) is 0 Å². The second kappa shape index (κ2) is 7.75. The normalized spacial score (nSPS) is 21.5. The van der Waals surface area contributed by atoms with Crippen molar-refractivity contribution in [1.29, 1.82) is 0 Å². The highest BCUT2D eigenvalue weighted by Gasteiger charge is 2.33. The third-order valence-electron chi connectivity index (χ3n) is 6.65. The number of ketones is 1. The minimum Gasteiger partial charge on any atom is -0.508 e. The molecular weight excluding hydrogens is 372 g/mol. The molecule has 3 aromatic rings. The van der Waals surface area contributed by atoms with Crippen LogP contribution in [0, 0.1) is 11.8 Å². The minimum absolute atomic E-state index is 0.163. The number of nitrogens with zero attached hydrogens (tertiary/aromatic N) is 1.